The van der Waals surface area contributed by atoms with Gasteiger partial charge in [0.05, 0.1) is 4.90 Å². The molecule has 1 N–H and O–H groups in total. The Kier molecular flexibility index (Phi) is 5.37. The van der Waals surface area contributed by atoms with E-state index in [4.69, 9.17) is 4.74 Å². The van der Waals surface area contributed by atoms with E-state index in [1.54, 1.807) is 13.1 Å². The van der Waals surface area contributed by atoms with Crippen LogP contribution in [0, 0.1) is 6.92 Å². The minimum atomic E-state index is -3.46. The lowest BCUT2D eigenvalue weighted by molar-refractivity contribution is 0.0632. The van der Waals surface area contributed by atoms with Crippen molar-refractivity contribution < 1.29 is 13.2 Å². The van der Waals surface area contributed by atoms with E-state index < -0.39 is 10.0 Å². The van der Waals surface area contributed by atoms with Crippen LogP contribution in [0.5, 0.6) is 0 Å². The maximum Gasteiger partial charge on any atom is 0.243 e. The van der Waals surface area contributed by atoms with Gasteiger partial charge >= 0.3 is 0 Å². The molecule has 0 atom stereocenters. The van der Waals surface area contributed by atoms with Crippen LogP contribution >= 0.6 is 0 Å². The highest BCUT2D eigenvalue weighted by Gasteiger charge is 2.30. The van der Waals surface area contributed by atoms with Gasteiger partial charge in [0.2, 0.25) is 10.0 Å². The third-order valence-electron chi connectivity index (χ3n) is 4.13. The topological polar surface area (TPSA) is 58.6 Å². The maximum absolute atomic E-state index is 12.9. The van der Waals surface area contributed by atoms with Crippen LogP contribution in [-0.2, 0) is 21.3 Å². The molecule has 1 saturated heterocycles. The normalized spacial score (nSPS) is 17.3. The Morgan fingerprint density at radius 2 is 2.00 bits per heavy atom. The van der Waals surface area contributed by atoms with E-state index in [0.29, 0.717) is 24.7 Å². The number of rotatable bonds is 5. The van der Waals surface area contributed by atoms with Crippen LogP contribution < -0.4 is 5.32 Å². The average molecular weight is 312 g/mol. The summed E-state index contributed by atoms with van der Waals surface area (Å²) in [6, 6.07) is 5.49. The van der Waals surface area contributed by atoms with Gasteiger partial charge in [-0.2, -0.15) is 4.31 Å². The van der Waals surface area contributed by atoms with Crippen LogP contribution in [0.3, 0.4) is 0 Å². The third-order valence-corrected chi connectivity index (χ3v) is 6.18. The Morgan fingerprint density at radius 3 is 2.62 bits per heavy atom. The van der Waals surface area contributed by atoms with E-state index in [9.17, 15) is 8.42 Å². The predicted octanol–water partition coefficient (Wildman–Crippen LogP) is 1.51. The van der Waals surface area contributed by atoms with Gasteiger partial charge in [-0.25, -0.2) is 8.42 Å². The van der Waals surface area contributed by atoms with Crippen molar-refractivity contribution in [1.29, 1.82) is 0 Å². The minimum absolute atomic E-state index is 0.0242. The fraction of sp³-hybridized carbons (Fsp3) is 0.600. The number of hydrogen-bond acceptors (Lipinski definition) is 4. The summed E-state index contributed by atoms with van der Waals surface area (Å²) >= 11 is 0. The first-order valence-corrected chi connectivity index (χ1v) is 8.71. The zero-order valence-corrected chi connectivity index (χ0v) is 13.7. The van der Waals surface area contributed by atoms with E-state index in [1.165, 1.54) is 4.31 Å². The highest BCUT2D eigenvalue weighted by Crippen LogP contribution is 2.25. The van der Waals surface area contributed by atoms with Gasteiger partial charge in [-0.1, -0.05) is 12.1 Å². The summed E-state index contributed by atoms with van der Waals surface area (Å²) in [6.45, 7) is 3.79. The van der Waals surface area contributed by atoms with Gasteiger partial charge in [-0.05, 0) is 44.0 Å². The number of sulfonamides is 1. The fourth-order valence-electron chi connectivity index (χ4n) is 2.72. The lowest BCUT2D eigenvalue weighted by atomic mass is 10.1. The molecule has 1 aliphatic rings. The summed E-state index contributed by atoms with van der Waals surface area (Å²) in [5.74, 6) is 0. The molecule has 0 aromatic heterocycles. The van der Waals surface area contributed by atoms with E-state index >= 15 is 0 Å². The summed E-state index contributed by atoms with van der Waals surface area (Å²) in [5, 5.41) is 3.07. The van der Waals surface area contributed by atoms with E-state index in [2.05, 4.69) is 5.32 Å². The second-order valence-electron chi connectivity index (χ2n) is 5.44. The Morgan fingerprint density at radius 1 is 1.33 bits per heavy atom. The van der Waals surface area contributed by atoms with Crippen molar-refractivity contribution in [2.24, 2.45) is 0 Å². The van der Waals surface area contributed by atoms with Gasteiger partial charge in [0.25, 0.3) is 0 Å². The quantitative estimate of drug-likeness (QED) is 0.895. The summed E-state index contributed by atoms with van der Waals surface area (Å²) in [4.78, 5) is 0.407. The Bertz CT molecular complexity index is 581. The van der Waals surface area contributed by atoms with Gasteiger partial charge in [0.1, 0.15) is 0 Å². The van der Waals surface area contributed by atoms with Crippen LogP contribution in [0.2, 0.25) is 0 Å². The number of ether oxygens (including phenoxy) is 1. The van der Waals surface area contributed by atoms with Crippen molar-refractivity contribution in [2.75, 3.05) is 27.3 Å². The molecule has 6 heteroatoms. The summed E-state index contributed by atoms with van der Waals surface area (Å²) < 4.78 is 32.6. The molecular formula is C15H24N2O3S. The lowest BCUT2D eigenvalue weighted by Gasteiger charge is -2.31. The van der Waals surface area contributed by atoms with Crippen molar-refractivity contribution in [3.8, 4) is 0 Å². The molecule has 0 radical (unpaired) electrons. The molecule has 0 saturated carbocycles. The minimum Gasteiger partial charge on any atom is -0.381 e. The first kappa shape index (κ1) is 16.4. The number of benzene rings is 1. The number of nitrogens with zero attached hydrogens (tertiary/aromatic N) is 1. The monoisotopic (exact) mass is 312 g/mol. The van der Waals surface area contributed by atoms with Crippen molar-refractivity contribution >= 4 is 10.0 Å². The lowest BCUT2D eigenvalue weighted by Crippen LogP contribution is -2.40. The largest absolute Gasteiger partial charge is 0.381 e. The van der Waals surface area contributed by atoms with Gasteiger partial charge in [0, 0.05) is 32.8 Å². The van der Waals surface area contributed by atoms with Crippen LogP contribution in [0.4, 0.5) is 0 Å². The highest BCUT2D eigenvalue weighted by molar-refractivity contribution is 7.89. The molecule has 0 spiro atoms. The van der Waals surface area contributed by atoms with Crippen molar-refractivity contribution in [3.63, 3.8) is 0 Å². The molecule has 1 heterocycles. The molecule has 0 amide bonds. The molecule has 2 rings (SSSR count). The Balaban J connectivity index is 2.32. The van der Waals surface area contributed by atoms with Gasteiger partial charge in [-0.15, -0.1) is 0 Å². The first-order chi connectivity index (χ1) is 9.98. The highest BCUT2D eigenvalue weighted by atomic mass is 32.2. The molecule has 0 aliphatic carbocycles. The summed E-state index contributed by atoms with van der Waals surface area (Å²) in [7, 11) is 0.0719. The van der Waals surface area contributed by atoms with Gasteiger partial charge in [0.15, 0.2) is 0 Å². The zero-order chi connectivity index (χ0) is 15.5. The molecule has 21 heavy (non-hydrogen) atoms. The Hall–Kier alpha value is -0.950. The molecule has 1 aromatic rings. The van der Waals surface area contributed by atoms with Crippen LogP contribution in [0.1, 0.15) is 24.0 Å². The fourth-order valence-corrected chi connectivity index (χ4v) is 4.40. The smallest absolute Gasteiger partial charge is 0.243 e. The van der Waals surface area contributed by atoms with Gasteiger partial charge < -0.3 is 10.1 Å². The van der Waals surface area contributed by atoms with Crippen LogP contribution in [-0.4, -0.2) is 46.1 Å². The second-order valence-corrected chi connectivity index (χ2v) is 7.40. The van der Waals surface area contributed by atoms with Crippen LogP contribution in [0.25, 0.3) is 0 Å². The molecule has 5 nitrogen and oxygen atoms in total. The Labute approximate surface area is 127 Å². The van der Waals surface area contributed by atoms with Crippen molar-refractivity contribution in [3.05, 3.63) is 29.3 Å². The third kappa shape index (κ3) is 3.45. The SMILES string of the molecule is CNCc1cccc(S(=O)(=O)N(C)C2CCOCC2)c1C. The molecular weight excluding hydrogens is 288 g/mol. The molecule has 118 valence electrons. The van der Waals surface area contributed by atoms with E-state index in [-0.39, 0.29) is 6.04 Å². The summed E-state index contributed by atoms with van der Waals surface area (Å²) in [6.07, 6.45) is 1.51. The van der Waals surface area contributed by atoms with Crippen molar-refractivity contribution in [2.45, 2.75) is 37.2 Å². The summed E-state index contributed by atoms with van der Waals surface area (Å²) in [5.41, 5.74) is 1.84. The second kappa shape index (κ2) is 6.87. The first-order valence-electron chi connectivity index (χ1n) is 7.27. The predicted molar refractivity (Wildman–Crippen MR) is 82.7 cm³/mol. The van der Waals surface area contributed by atoms with E-state index in [1.807, 2.05) is 26.1 Å². The van der Waals surface area contributed by atoms with Crippen LogP contribution in [0.15, 0.2) is 23.1 Å². The number of hydrogen-bond donors (Lipinski definition) is 1. The zero-order valence-electron chi connectivity index (χ0n) is 12.9. The average Bonchev–Trinajstić information content (AvgIpc) is 2.49. The molecule has 0 unspecified atom stereocenters. The maximum atomic E-state index is 12.9. The van der Waals surface area contributed by atoms with E-state index in [0.717, 1.165) is 24.0 Å². The molecule has 1 aliphatic heterocycles. The molecule has 1 fully saturated rings. The molecule has 0 bridgehead atoms. The van der Waals surface area contributed by atoms with Gasteiger partial charge in [-0.3, -0.25) is 0 Å². The molecule has 1 aromatic carbocycles. The number of nitrogens with one attached hydrogen (secondary N) is 1. The standard InChI is InChI=1S/C15H24N2O3S/c1-12-13(11-16-2)5-4-6-15(12)21(18,19)17(3)14-7-9-20-10-8-14/h4-6,14,16H,7-11H2,1-3H3. The van der Waals surface area contributed by atoms with Crippen molar-refractivity contribution in [1.82, 2.24) is 9.62 Å².